The first-order valence-corrected chi connectivity index (χ1v) is 12.4. The molecule has 6 unspecified atom stereocenters. The van der Waals surface area contributed by atoms with Crippen LogP contribution >= 0.6 is 23.2 Å². The van der Waals surface area contributed by atoms with E-state index in [4.69, 9.17) is 27.9 Å². The molecule has 4 heteroatoms. The van der Waals surface area contributed by atoms with E-state index in [0.717, 1.165) is 56.8 Å². The first-order valence-electron chi connectivity index (χ1n) is 11.6. The molecule has 0 aromatic heterocycles. The highest BCUT2D eigenvalue weighted by atomic mass is 35.5. The smallest absolute Gasteiger partial charge is 0.140 e. The monoisotopic (exact) mass is 414 g/mol. The highest BCUT2D eigenvalue weighted by Gasteiger charge is 2.39. The van der Waals surface area contributed by atoms with E-state index in [1.165, 1.54) is 44.9 Å². The molecule has 0 bridgehead atoms. The first-order chi connectivity index (χ1) is 13.1. The maximum Gasteiger partial charge on any atom is 0.140 e. The van der Waals surface area contributed by atoms with Crippen molar-refractivity contribution >= 4 is 29.0 Å². The van der Waals surface area contributed by atoms with Crippen molar-refractivity contribution in [3.05, 3.63) is 0 Å². The lowest BCUT2D eigenvalue weighted by atomic mass is 9.70. The largest absolute Gasteiger partial charge is 0.375 e. The van der Waals surface area contributed by atoms with Gasteiger partial charge in [-0.3, -0.25) is 4.79 Å². The number of hydrogen-bond donors (Lipinski definition) is 0. The van der Waals surface area contributed by atoms with Crippen molar-refractivity contribution in [1.82, 2.24) is 0 Å². The Balaban J connectivity index is 1.22. The molecule has 2 nitrogen and oxygen atoms in total. The molecule has 0 aliphatic heterocycles. The van der Waals surface area contributed by atoms with Gasteiger partial charge >= 0.3 is 0 Å². The molecule has 4 fully saturated rings. The van der Waals surface area contributed by atoms with Gasteiger partial charge in [0.05, 0.1) is 12.2 Å². The molecule has 4 rings (SSSR count). The van der Waals surface area contributed by atoms with Crippen LogP contribution in [0.15, 0.2) is 0 Å². The van der Waals surface area contributed by atoms with Gasteiger partial charge in [-0.1, -0.05) is 25.7 Å². The maximum atomic E-state index is 13.0. The molecular weight excluding hydrogens is 379 g/mol. The highest BCUT2D eigenvalue weighted by molar-refractivity contribution is 6.24. The van der Waals surface area contributed by atoms with E-state index in [9.17, 15) is 4.79 Å². The lowest BCUT2D eigenvalue weighted by molar-refractivity contribution is -0.130. The van der Waals surface area contributed by atoms with Gasteiger partial charge in [0, 0.05) is 22.6 Å². The van der Waals surface area contributed by atoms with E-state index in [1.807, 2.05) is 0 Å². The lowest BCUT2D eigenvalue weighted by Crippen LogP contribution is -2.39. The summed E-state index contributed by atoms with van der Waals surface area (Å²) in [6, 6.07) is 0. The van der Waals surface area contributed by atoms with Gasteiger partial charge in [-0.25, -0.2) is 0 Å². The van der Waals surface area contributed by atoms with Crippen LogP contribution in [0.4, 0.5) is 0 Å². The van der Waals surface area contributed by atoms with Crippen molar-refractivity contribution in [1.29, 1.82) is 0 Å². The van der Waals surface area contributed by atoms with E-state index >= 15 is 0 Å². The number of alkyl halides is 2. The quantitative estimate of drug-likeness (QED) is 0.490. The molecule has 4 saturated carbocycles. The average molecular weight is 415 g/mol. The predicted molar refractivity (Wildman–Crippen MR) is 112 cm³/mol. The van der Waals surface area contributed by atoms with E-state index < -0.39 is 0 Å². The zero-order valence-corrected chi connectivity index (χ0v) is 18.1. The van der Waals surface area contributed by atoms with Crippen LogP contribution in [-0.2, 0) is 9.53 Å². The van der Waals surface area contributed by atoms with Gasteiger partial charge < -0.3 is 4.74 Å². The van der Waals surface area contributed by atoms with Gasteiger partial charge in [0.15, 0.2) is 0 Å². The van der Waals surface area contributed by atoms with Crippen molar-refractivity contribution in [3.8, 4) is 0 Å². The molecule has 0 saturated heterocycles. The molecule has 4 aliphatic carbocycles. The second kappa shape index (κ2) is 9.35. The number of halogens is 2. The number of Topliss-reactive ketones (excluding diaryl/α,β-unsaturated/α-hetero) is 1. The van der Waals surface area contributed by atoms with E-state index in [2.05, 4.69) is 0 Å². The summed E-state index contributed by atoms with van der Waals surface area (Å²) in [4.78, 5) is 13.0. The fourth-order valence-electron chi connectivity index (χ4n) is 6.39. The molecule has 0 aromatic carbocycles. The van der Waals surface area contributed by atoms with Crippen LogP contribution in [0.25, 0.3) is 0 Å². The second-order valence-electron chi connectivity index (χ2n) is 9.78. The Bertz CT molecular complexity index is 503. The summed E-state index contributed by atoms with van der Waals surface area (Å²) in [6.45, 7) is 0. The minimum absolute atomic E-state index is 0.00727. The zero-order valence-electron chi connectivity index (χ0n) is 16.6. The Hall–Kier alpha value is 0.210. The van der Waals surface area contributed by atoms with Crippen LogP contribution in [-0.4, -0.2) is 28.7 Å². The number of rotatable bonds is 4. The topological polar surface area (TPSA) is 26.3 Å². The molecule has 0 aromatic rings. The molecule has 0 radical (unpaired) electrons. The molecule has 27 heavy (non-hydrogen) atoms. The summed E-state index contributed by atoms with van der Waals surface area (Å²) < 4.78 is 6.53. The van der Waals surface area contributed by atoms with E-state index in [0.29, 0.717) is 18.0 Å². The van der Waals surface area contributed by atoms with Crippen LogP contribution < -0.4 is 0 Å². The molecule has 0 N–H and O–H groups in total. The van der Waals surface area contributed by atoms with Crippen molar-refractivity contribution in [2.75, 3.05) is 0 Å². The second-order valence-corrected chi connectivity index (χ2v) is 11.0. The van der Waals surface area contributed by atoms with Crippen LogP contribution in [0, 0.1) is 23.7 Å². The summed E-state index contributed by atoms with van der Waals surface area (Å²) in [7, 11) is 0. The van der Waals surface area contributed by atoms with Crippen LogP contribution in [0.2, 0.25) is 0 Å². The van der Waals surface area contributed by atoms with E-state index in [-0.39, 0.29) is 22.6 Å². The Morgan fingerprint density at radius 2 is 1.41 bits per heavy atom. The predicted octanol–water partition coefficient (Wildman–Crippen LogP) is 6.50. The zero-order chi connectivity index (χ0) is 18.8. The van der Waals surface area contributed by atoms with Crippen LogP contribution in [0.5, 0.6) is 0 Å². The average Bonchev–Trinajstić information content (AvgIpc) is 2.70. The van der Waals surface area contributed by atoms with Crippen LogP contribution in [0.3, 0.4) is 0 Å². The minimum atomic E-state index is -0.0213. The van der Waals surface area contributed by atoms with Gasteiger partial charge in [0.25, 0.3) is 0 Å². The third-order valence-electron chi connectivity index (χ3n) is 8.02. The van der Waals surface area contributed by atoms with Gasteiger partial charge in [0.2, 0.25) is 0 Å². The molecule has 0 heterocycles. The molecular formula is C23H36Cl2O2. The fourth-order valence-corrected chi connectivity index (χ4v) is 7.06. The number of ketones is 1. The fraction of sp³-hybridized carbons (Fsp3) is 0.957. The number of fused-ring (bicyclic) bond motifs is 1. The lowest BCUT2D eigenvalue weighted by Gasteiger charge is -2.41. The van der Waals surface area contributed by atoms with E-state index in [1.54, 1.807) is 0 Å². The van der Waals surface area contributed by atoms with Gasteiger partial charge in [-0.2, -0.15) is 0 Å². The van der Waals surface area contributed by atoms with Gasteiger partial charge in [-0.05, 0) is 76.0 Å². The molecule has 6 atom stereocenters. The maximum absolute atomic E-state index is 13.0. The summed E-state index contributed by atoms with van der Waals surface area (Å²) in [5.74, 6) is 2.46. The highest BCUT2D eigenvalue weighted by Crippen LogP contribution is 2.43. The first kappa shape index (κ1) is 20.5. The molecule has 4 aliphatic rings. The van der Waals surface area contributed by atoms with Crippen molar-refractivity contribution in [2.45, 2.75) is 113 Å². The number of ether oxygens (including phenoxy) is 1. The van der Waals surface area contributed by atoms with Gasteiger partial charge in [-0.15, -0.1) is 23.2 Å². The Morgan fingerprint density at radius 3 is 2.19 bits per heavy atom. The van der Waals surface area contributed by atoms with Gasteiger partial charge in [0.1, 0.15) is 5.78 Å². The normalized spacial score (nSPS) is 45.9. The Labute approximate surface area is 175 Å². The van der Waals surface area contributed by atoms with Crippen molar-refractivity contribution in [3.63, 3.8) is 0 Å². The Morgan fingerprint density at radius 1 is 0.704 bits per heavy atom. The SMILES string of the molecule is O=C(C1CCC(OC2CCC3CCCCC3C2)CC1)C1CC(Cl)CCC1Cl. The molecule has 154 valence electrons. The third-order valence-corrected chi connectivity index (χ3v) is 8.94. The van der Waals surface area contributed by atoms with Crippen molar-refractivity contribution in [2.24, 2.45) is 23.7 Å². The Kier molecular flexibility index (Phi) is 7.09. The number of carbonyl (C=O) groups excluding carboxylic acids is 1. The summed E-state index contributed by atoms with van der Waals surface area (Å²) in [5, 5.41) is 0.121. The molecule has 0 amide bonds. The molecule has 0 spiro atoms. The van der Waals surface area contributed by atoms with Crippen LogP contribution in [0.1, 0.15) is 89.9 Å². The summed E-state index contributed by atoms with van der Waals surface area (Å²) >= 11 is 12.8. The minimum Gasteiger partial charge on any atom is -0.375 e. The number of carbonyl (C=O) groups is 1. The third kappa shape index (κ3) is 5.04. The summed E-state index contributed by atoms with van der Waals surface area (Å²) in [5.41, 5.74) is 0. The standard InChI is InChI=1S/C23H36Cl2O2/c24-18-8-12-22(25)21(14-18)23(26)16-6-9-19(10-7-16)27-20-11-5-15-3-1-2-4-17(15)13-20/h15-22H,1-14H2. The summed E-state index contributed by atoms with van der Waals surface area (Å²) in [6.07, 6.45) is 17.2. The van der Waals surface area contributed by atoms with Crippen molar-refractivity contribution < 1.29 is 9.53 Å². The number of hydrogen-bond acceptors (Lipinski definition) is 2.